The van der Waals surface area contributed by atoms with Gasteiger partial charge < -0.3 is 10.0 Å². The quantitative estimate of drug-likeness (QED) is 0.911. The van der Waals surface area contributed by atoms with E-state index >= 15 is 0 Å². The van der Waals surface area contributed by atoms with Gasteiger partial charge in [0.05, 0.1) is 18.2 Å². The molecule has 1 N–H and O–H groups in total. The summed E-state index contributed by atoms with van der Waals surface area (Å²) in [4.78, 5) is 14.2. The summed E-state index contributed by atoms with van der Waals surface area (Å²) in [6, 6.07) is 11.6. The first-order valence-corrected chi connectivity index (χ1v) is 8.09. The number of likely N-dealkylation sites (tertiary alicyclic amines) is 1. The van der Waals surface area contributed by atoms with Crippen LogP contribution >= 0.6 is 0 Å². The number of amides is 1. The average Bonchev–Trinajstić information content (AvgIpc) is 3.09. The van der Waals surface area contributed by atoms with Crippen molar-refractivity contribution in [2.75, 3.05) is 13.2 Å². The van der Waals surface area contributed by atoms with Crippen LogP contribution in [-0.4, -0.2) is 35.1 Å². The van der Waals surface area contributed by atoms with Gasteiger partial charge in [-0.05, 0) is 48.2 Å². The topological polar surface area (TPSA) is 40.5 Å². The number of alkyl halides is 3. The van der Waals surface area contributed by atoms with E-state index in [2.05, 4.69) is 0 Å². The first-order valence-electron chi connectivity index (χ1n) is 8.09. The van der Waals surface area contributed by atoms with E-state index < -0.39 is 11.7 Å². The SMILES string of the molecule is O=C(c1ccc(-c2ccc(C(F)(F)F)cc2)cc1)N1CCC[C@@H]1CO. The van der Waals surface area contributed by atoms with Crippen LogP contribution in [0.5, 0.6) is 0 Å². The molecule has 1 atom stereocenters. The van der Waals surface area contributed by atoms with Crippen LogP contribution in [-0.2, 0) is 6.18 Å². The van der Waals surface area contributed by atoms with Crippen LogP contribution in [0.4, 0.5) is 13.2 Å². The normalized spacial score (nSPS) is 17.8. The zero-order valence-electron chi connectivity index (χ0n) is 13.5. The molecule has 0 unspecified atom stereocenters. The number of carbonyl (C=O) groups excluding carboxylic acids is 1. The predicted molar refractivity (Wildman–Crippen MR) is 88.0 cm³/mol. The number of hydrogen-bond donors (Lipinski definition) is 1. The van der Waals surface area contributed by atoms with Gasteiger partial charge in [-0.15, -0.1) is 0 Å². The number of halogens is 3. The van der Waals surface area contributed by atoms with Crippen molar-refractivity contribution in [2.24, 2.45) is 0 Å². The predicted octanol–water partition coefficient (Wildman–Crippen LogP) is 3.97. The number of carbonyl (C=O) groups is 1. The Morgan fingerprint density at radius 1 is 1.04 bits per heavy atom. The van der Waals surface area contributed by atoms with Gasteiger partial charge in [0.1, 0.15) is 0 Å². The summed E-state index contributed by atoms with van der Waals surface area (Å²) >= 11 is 0. The molecular weight excluding hydrogens is 331 g/mol. The summed E-state index contributed by atoms with van der Waals surface area (Å²) in [6.45, 7) is 0.583. The van der Waals surface area contributed by atoms with Gasteiger partial charge in [-0.3, -0.25) is 4.79 Å². The molecule has 1 fully saturated rings. The smallest absolute Gasteiger partial charge is 0.394 e. The maximum atomic E-state index is 12.6. The summed E-state index contributed by atoms with van der Waals surface area (Å²) in [7, 11) is 0. The van der Waals surface area contributed by atoms with Crippen LogP contribution < -0.4 is 0 Å². The molecule has 2 aromatic carbocycles. The van der Waals surface area contributed by atoms with Gasteiger partial charge in [0.15, 0.2) is 0 Å². The lowest BCUT2D eigenvalue weighted by atomic mass is 10.0. The molecular formula is C19H18F3NO2. The number of aliphatic hydroxyl groups excluding tert-OH is 1. The lowest BCUT2D eigenvalue weighted by molar-refractivity contribution is -0.137. The summed E-state index contributed by atoms with van der Waals surface area (Å²) in [5.41, 5.74) is 1.22. The minimum atomic E-state index is -4.35. The van der Waals surface area contributed by atoms with Crippen molar-refractivity contribution in [3.63, 3.8) is 0 Å². The van der Waals surface area contributed by atoms with E-state index in [1.54, 1.807) is 29.2 Å². The highest BCUT2D eigenvalue weighted by molar-refractivity contribution is 5.95. The van der Waals surface area contributed by atoms with Crippen molar-refractivity contribution in [1.82, 2.24) is 4.90 Å². The Balaban J connectivity index is 1.77. The Labute approximate surface area is 143 Å². The van der Waals surface area contributed by atoms with Gasteiger partial charge in [0, 0.05) is 12.1 Å². The minimum absolute atomic E-state index is 0.0463. The third kappa shape index (κ3) is 3.69. The number of aliphatic hydroxyl groups is 1. The molecule has 1 saturated heterocycles. The molecule has 2 aromatic rings. The molecule has 0 aliphatic carbocycles. The number of nitrogens with zero attached hydrogens (tertiary/aromatic N) is 1. The van der Waals surface area contributed by atoms with Gasteiger partial charge in [0.25, 0.3) is 5.91 Å². The summed E-state index contributed by atoms with van der Waals surface area (Å²) in [5.74, 6) is -0.129. The molecule has 0 aromatic heterocycles. The van der Waals surface area contributed by atoms with Crippen LogP contribution in [0.2, 0.25) is 0 Å². The van der Waals surface area contributed by atoms with E-state index in [-0.39, 0.29) is 18.6 Å². The molecule has 1 heterocycles. The second-order valence-corrected chi connectivity index (χ2v) is 6.13. The standard InChI is InChI=1S/C19H18F3NO2/c20-19(21,22)16-9-7-14(8-10-16)13-3-5-15(6-4-13)18(25)23-11-1-2-17(23)12-24/h3-10,17,24H,1-2,11-12H2/t17-/m1/s1. The molecule has 0 spiro atoms. The van der Waals surface area contributed by atoms with E-state index in [1.807, 2.05) is 0 Å². The second-order valence-electron chi connectivity index (χ2n) is 6.13. The van der Waals surface area contributed by atoms with E-state index in [4.69, 9.17) is 0 Å². The fourth-order valence-corrected chi connectivity index (χ4v) is 3.12. The van der Waals surface area contributed by atoms with Gasteiger partial charge in [-0.1, -0.05) is 24.3 Å². The molecule has 3 rings (SSSR count). The molecule has 1 aliphatic rings. The van der Waals surface area contributed by atoms with Gasteiger partial charge >= 0.3 is 6.18 Å². The van der Waals surface area contributed by atoms with Crippen molar-refractivity contribution >= 4 is 5.91 Å². The van der Waals surface area contributed by atoms with Crippen LogP contribution in [0.15, 0.2) is 48.5 Å². The largest absolute Gasteiger partial charge is 0.416 e. The highest BCUT2D eigenvalue weighted by Crippen LogP contribution is 2.31. The summed E-state index contributed by atoms with van der Waals surface area (Å²) < 4.78 is 37.8. The Hall–Kier alpha value is -2.34. The van der Waals surface area contributed by atoms with Gasteiger partial charge in [-0.2, -0.15) is 13.2 Å². The van der Waals surface area contributed by atoms with Crippen molar-refractivity contribution < 1.29 is 23.1 Å². The van der Waals surface area contributed by atoms with Gasteiger partial charge in [0.2, 0.25) is 0 Å². The lowest BCUT2D eigenvalue weighted by Gasteiger charge is -2.23. The fourth-order valence-electron chi connectivity index (χ4n) is 3.12. The number of benzene rings is 2. The highest BCUT2D eigenvalue weighted by Gasteiger charge is 2.30. The van der Waals surface area contributed by atoms with Crippen molar-refractivity contribution in [2.45, 2.75) is 25.1 Å². The van der Waals surface area contributed by atoms with Crippen molar-refractivity contribution in [1.29, 1.82) is 0 Å². The third-order valence-electron chi connectivity index (χ3n) is 4.53. The Bertz CT molecular complexity index is 739. The molecule has 1 amide bonds. The van der Waals surface area contributed by atoms with Crippen LogP contribution in [0.3, 0.4) is 0 Å². The molecule has 0 bridgehead atoms. The molecule has 25 heavy (non-hydrogen) atoms. The van der Waals surface area contributed by atoms with E-state index in [0.717, 1.165) is 30.5 Å². The first kappa shape index (κ1) is 17.5. The summed E-state index contributed by atoms with van der Waals surface area (Å²) in [5, 5.41) is 9.33. The molecule has 3 nitrogen and oxygen atoms in total. The van der Waals surface area contributed by atoms with Gasteiger partial charge in [-0.25, -0.2) is 0 Å². The van der Waals surface area contributed by atoms with Crippen molar-refractivity contribution in [3.8, 4) is 11.1 Å². The Morgan fingerprint density at radius 3 is 2.12 bits per heavy atom. The highest BCUT2D eigenvalue weighted by atomic mass is 19.4. The Morgan fingerprint density at radius 2 is 1.60 bits per heavy atom. The zero-order chi connectivity index (χ0) is 18.0. The van der Waals surface area contributed by atoms with E-state index in [9.17, 15) is 23.1 Å². The second kappa shape index (κ2) is 6.88. The average molecular weight is 349 g/mol. The molecule has 132 valence electrons. The van der Waals surface area contributed by atoms with Crippen LogP contribution in [0, 0.1) is 0 Å². The molecule has 0 saturated carbocycles. The minimum Gasteiger partial charge on any atom is -0.394 e. The maximum Gasteiger partial charge on any atom is 0.416 e. The molecule has 0 radical (unpaired) electrons. The van der Waals surface area contributed by atoms with Crippen LogP contribution in [0.1, 0.15) is 28.8 Å². The van der Waals surface area contributed by atoms with E-state index in [1.165, 1.54) is 12.1 Å². The number of rotatable bonds is 3. The molecule has 6 heteroatoms. The maximum absolute atomic E-state index is 12.6. The number of hydrogen-bond acceptors (Lipinski definition) is 2. The third-order valence-corrected chi connectivity index (χ3v) is 4.53. The molecule has 1 aliphatic heterocycles. The lowest BCUT2D eigenvalue weighted by Crippen LogP contribution is -2.37. The van der Waals surface area contributed by atoms with E-state index in [0.29, 0.717) is 17.7 Å². The Kier molecular flexibility index (Phi) is 4.81. The monoisotopic (exact) mass is 349 g/mol. The van der Waals surface area contributed by atoms with Crippen LogP contribution in [0.25, 0.3) is 11.1 Å². The first-order chi connectivity index (χ1) is 11.9. The summed E-state index contributed by atoms with van der Waals surface area (Å²) in [6.07, 6.45) is -2.68. The fraction of sp³-hybridized carbons (Fsp3) is 0.316. The van der Waals surface area contributed by atoms with Crippen molar-refractivity contribution in [3.05, 3.63) is 59.7 Å². The zero-order valence-corrected chi connectivity index (χ0v) is 13.5.